The van der Waals surface area contributed by atoms with Gasteiger partial charge in [-0.25, -0.2) is 0 Å². The molecule has 0 spiro atoms. The van der Waals surface area contributed by atoms with Gasteiger partial charge in [0.05, 0.1) is 6.04 Å². The van der Waals surface area contributed by atoms with E-state index < -0.39 is 18.3 Å². The highest BCUT2D eigenvalue weighted by Gasteiger charge is 2.32. The molecule has 2 rings (SSSR count). The Morgan fingerprint density at radius 3 is 2.33 bits per heavy atom. The fourth-order valence-corrected chi connectivity index (χ4v) is 2.03. The van der Waals surface area contributed by atoms with Crippen LogP contribution in [0.3, 0.4) is 0 Å². The molecule has 0 bridgehead atoms. The monoisotopic (exact) mass is 269 g/mol. The molecule has 0 fully saturated rings. The molecule has 4 atom stereocenters. The van der Waals surface area contributed by atoms with Crippen LogP contribution in [0.2, 0.25) is 5.02 Å². The predicted octanol–water partition coefficient (Wildman–Crippen LogP) is 0.451. The topological polar surface area (TPSA) is 72.7 Å². The molecular weight excluding hydrogens is 254 g/mol. The van der Waals surface area contributed by atoms with Crippen molar-refractivity contribution in [3.63, 3.8) is 0 Å². The van der Waals surface area contributed by atoms with E-state index in [0.29, 0.717) is 11.6 Å². The molecule has 4 nitrogen and oxygen atoms in total. The van der Waals surface area contributed by atoms with E-state index in [9.17, 15) is 15.3 Å². The van der Waals surface area contributed by atoms with Gasteiger partial charge in [-0.1, -0.05) is 35.9 Å². The molecule has 1 aliphatic carbocycles. The first-order valence-electron chi connectivity index (χ1n) is 5.78. The highest BCUT2D eigenvalue weighted by molar-refractivity contribution is 6.30. The van der Waals surface area contributed by atoms with Crippen molar-refractivity contribution in [2.75, 3.05) is 0 Å². The lowest BCUT2D eigenvalue weighted by molar-refractivity contribution is -0.0567. The lowest BCUT2D eigenvalue weighted by atomic mass is 9.94. The van der Waals surface area contributed by atoms with E-state index >= 15 is 0 Å². The smallest absolute Gasteiger partial charge is 0.111 e. The van der Waals surface area contributed by atoms with Crippen molar-refractivity contribution in [2.45, 2.75) is 30.9 Å². The summed E-state index contributed by atoms with van der Waals surface area (Å²) >= 11 is 5.79. The molecule has 0 aromatic heterocycles. The summed E-state index contributed by atoms with van der Waals surface area (Å²) in [5.74, 6) is 0. The van der Waals surface area contributed by atoms with Crippen molar-refractivity contribution in [2.24, 2.45) is 0 Å². The molecule has 1 aromatic rings. The van der Waals surface area contributed by atoms with Gasteiger partial charge in [0.25, 0.3) is 0 Å². The summed E-state index contributed by atoms with van der Waals surface area (Å²) in [6, 6.07) is 6.99. The van der Waals surface area contributed by atoms with E-state index in [2.05, 4.69) is 5.32 Å². The summed E-state index contributed by atoms with van der Waals surface area (Å²) in [6.45, 7) is 0.548. The molecule has 0 aliphatic heterocycles. The number of aliphatic hydroxyl groups is 3. The standard InChI is InChI=1S/C13H16ClNO3/c14-9-3-1-8(2-4-9)7-15-10-5-6-11(16)13(18)12(10)17/h1-6,10-13,15-18H,7H2/t10-,11-,12+,13+/m0/s1. The van der Waals surface area contributed by atoms with Crippen molar-refractivity contribution in [3.05, 3.63) is 47.0 Å². The number of hydrogen-bond donors (Lipinski definition) is 4. The number of halogens is 1. The third-order valence-electron chi connectivity index (χ3n) is 3.04. The molecule has 5 heteroatoms. The molecule has 0 amide bonds. The van der Waals surface area contributed by atoms with Crippen LogP contribution in [0.5, 0.6) is 0 Å². The summed E-state index contributed by atoms with van der Waals surface area (Å²) in [4.78, 5) is 0. The highest BCUT2D eigenvalue weighted by atomic mass is 35.5. The predicted molar refractivity (Wildman–Crippen MR) is 69.2 cm³/mol. The van der Waals surface area contributed by atoms with Crippen molar-refractivity contribution < 1.29 is 15.3 Å². The van der Waals surface area contributed by atoms with E-state index in [-0.39, 0.29) is 6.04 Å². The summed E-state index contributed by atoms with van der Waals surface area (Å²) in [5.41, 5.74) is 1.03. The lowest BCUT2D eigenvalue weighted by Gasteiger charge is -2.31. The lowest BCUT2D eigenvalue weighted by Crippen LogP contribution is -2.51. The number of nitrogens with one attached hydrogen (secondary N) is 1. The Balaban J connectivity index is 1.94. The molecular formula is C13H16ClNO3. The first kappa shape index (κ1) is 13.5. The van der Waals surface area contributed by atoms with Gasteiger partial charge < -0.3 is 20.6 Å². The molecule has 4 N–H and O–H groups in total. The highest BCUT2D eigenvalue weighted by Crippen LogP contribution is 2.15. The van der Waals surface area contributed by atoms with Gasteiger partial charge in [-0.05, 0) is 17.7 Å². The zero-order valence-electron chi connectivity index (χ0n) is 9.70. The van der Waals surface area contributed by atoms with Gasteiger partial charge in [-0.15, -0.1) is 0 Å². The Hall–Kier alpha value is -0.910. The van der Waals surface area contributed by atoms with Gasteiger partial charge in [0.2, 0.25) is 0 Å². The van der Waals surface area contributed by atoms with Crippen LogP contribution < -0.4 is 5.32 Å². The second-order valence-corrected chi connectivity index (χ2v) is 4.83. The summed E-state index contributed by atoms with van der Waals surface area (Å²) in [6.07, 6.45) is -0.0295. The van der Waals surface area contributed by atoms with Crippen molar-refractivity contribution in [3.8, 4) is 0 Å². The van der Waals surface area contributed by atoms with E-state index in [0.717, 1.165) is 5.56 Å². The normalized spacial score (nSPS) is 31.6. The molecule has 1 aliphatic rings. The summed E-state index contributed by atoms with van der Waals surface area (Å²) < 4.78 is 0. The Morgan fingerprint density at radius 1 is 1.00 bits per heavy atom. The van der Waals surface area contributed by atoms with Gasteiger partial charge in [-0.2, -0.15) is 0 Å². The first-order valence-corrected chi connectivity index (χ1v) is 6.16. The van der Waals surface area contributed by atoms with Crippen LogP contribution in [0.1, 0.15) is 5.56 Å². The van der Waals surface area contributed by atoms with E-state index in [1.165, 1.54) is 6.08 Å². The fraction of sp³-hybridized carbons (Fsp3) is 0.385. The third kappa shape index (κ3) is 3.10. The minimum absolute atomic E-state index is 0.376. The van der Waals surface area contributed by atoms with Crippen LogP contribution in [0.25, 0.3) is 0 Å². The second kappa shape index (κ2) is 5.82. The zero-order chi connectivity index (χ0) is 13.1. The molecule has 0 saturated heterocycles. The van der Waals surface area contributed by atoms with Crippen LogP contribution in [0, 0.1) is 0 Å². The van der Waals surface area contributed by atoms with Gasteiger partial charge in [0.15, 0.2) is 0 Å². The Labute approximate surface area is 111 Å². The minimum Gasteiger partial charge on any atom is -0.388 e. The quantitative estimate of drug-likeness (QED) is 0.602. The van der Waals surface area contributed by atoms with Gasteiger partial charge >= 0.3 is 0 Å². The van der Waals surface area contributed by atoms with Gasteiger partial charge in [-0.3, -0.25) is 0 Å². The summed E-state index contributed by atoms with van der Waals surface area (Å²) in [5, 5.41) is 32.5. The fourth-order valence-electron chi connectivity index (χ4n) is 1.90. The minimum atomic E-state index is -1.15. The largest absolute Gasteiger partial charge is 0.388 e. The molecule has 0 heterocycles. The zero-order valence-corrected chi connectivity index (χ0v) is 10.5. The maximum Gasteiger partial charge on any atom is 0.111 e. The van der Waals surface area contributed by atoms with Crippen LogP contribution in [-0.2, 0) is 6.54 Å². The molecule has 0 radical (unpaired) electrons. The number of hydrogen-bond acceptors (Lipinski definition) is 4. The van der Waals surface area contributed by atoms with Crippen LogP contribution in [0.4, 0.5) is 0 Å². The van der Waals surface area contributed by atoms with Gasteiger partial charge in [0.1, 0.15) is 18.3 Å². The Morgan fingerprint density at radius 2 is 1.67 bits per heavy atom. The van der Waals surface area contributed by atoms with Crippen molar-refractivity contribution in [1.82, 2.24) is 5.32 Å². The molecule has 1 aromatic carbocycles. The number of benzene rings is 1. The van der Waals surface area contributed by atoms with Crippen LogP contribution in [0.15, 0.2) is 36.4 Å². The average molecular weight is 270 g/mol. The van der Waals surface area contributed by atoms with Crippen molar-refractivity contribution in [1.29, 1.82) is 0 Å². The number of rotatable bonds is 3. The third-order valence-corrected chi connectivity index (χ3v) is 3.29. The van der Waals surface area contributed by atoms with Crippen LogP contribution in [-0.4, -0.2) is 39.7 Å². The van der Waals surface area contributed by atoms with Gasteiger partial charge in [0, 0.05) is 11.6 Å². The number of aliphatic hydroxyl groups excluding tert-OH is 3. The van der Waals surface area contributed by atoms with E-state index in [4.69, 9.17) is 11.6 Å². The molecule has 0 unspecified atom stereocenters. The average Bonchev–Trinajstić information content (AvgIpc) is 2.37. The summed E-state index contributed by atoms with van der Waals surface area (Å²) in [7, 11) is 0. The maximum absolute atomic E-state index is 9.79. The maximum atomic E-state index is 9.79. The molecule has 98 valence electrons. The first-order chi connectivity index (χ1) is 8.58. The second-order valence-electron chi connectivity index (χ2n) is 4.39. The Kier molecular flexibility index (Phi) is 4.37. The Bertz CT molecular complexity index is 421. The van der Waals surface area contributed by atoms with E-state index in [1.54, 1.807) is 18.2 Å². The molecule has 18 heavy (non-hydrogen) atoms. The SMILES string of the molecule is O[C@H]1[C@H](O)[C@@H](O)C=C[C@@H]1NCc1ccc(Cl)cc1. The van der Waals surface area contributed by atoms with Crippen molar-refractivity contribution >= 4 is 11.6 Å². The van der Waals surface area contributed by atoms with E-state index in [1.807, 2.05) is 12.1 Å². The molecule has 0 saturated carbocycles. The van der Waals surface area contributed by atoms with Crippen LogP contribution >= 0.6 is 11.6 Å².